The highest BCUT2D eigenvalue weighted by Gasteiger charge is 2.12. The molecule has 0 saturated heterocycles. The van der Waals surface area contributed by atoms with E-state index >= 15 is 0 Å². The molecule has 0 aromatic carbocycles. The van der Waals surface area contributed by atoms with Crippen molar-refractivity contribution < 1.29 is 14.7 Å². The average Bonchev–Trinajstić information content (AvgIpc) is 3.04. The summed E-state index contributed by atoms with van der Waals surface area (Å²) in [6.45, 7) is 3.09. The largest absolute Gasteiger partial charge is 0.477 e. The fourth-order valence-electron chi connectivity index (χ4n) is 1.92. The Labute approximate surface area is 121 Å². The molecule has 0 fully saturated rings. The van der Waals surface area contributed by atoms with Crippen LogP contribution < -0.4 is 5.32 Å². The molecule has 2 heterocycles. The molecule has 8 heteroatoms. The molecule has 0 atom stereocenters. The van der Waals surface area contributed by atoms with Gasteiger partial charge in [-0.1, -0.05) is 0 Å². The predicted molar refractivity (Wildman–Crippen MR) is 73.8 cm³/mol. The van der Waals surface area contributed by atoms with Gasteiger partial charge in [0, 0.05) is 31.2 Å². The number of aromatic nitrogens is 4. The van der Waals surface area contributed by atoms with Gasteiger partial charge in [0.15, 0.2) is 0 Å². The molecule has 0 bridgehead atoms. The summed E-state index contributed by atoms with van der Waals surface area (Å²) in [6, 6.07) is 3.28. The lowest BCUT2D eigenvalue weighted by molar-refractivity contribution is -0.121. The molecule has 0 radical (unpaired) electrons. The molecule has 0 unspecified atom stereocenters. The minimum atomic E-state index is -1.10. The third-order valence-electron chi connectivity index (χ3n) is 3.03. The molecule has 0 spiro atoms. The van der Waals surface area contributed by atoms with E-state index in [2.05, 4.69) is 15.5 Å². The highest BCUT2D eigenvalue weighted by Crippen LogP contribution is 1.99. The normalized spacial score (nSPS) is 10.5. The Morgan fingerprint density at radius 3 is 2.62 bits per heavy atom. The van der Waals surface area contributed by atoms with Crippen molar-refractivity contribution in [2.45, 2.75) is 26.4 Å². The number of hydrogen-bond donors (Lipinski definition) is 2. The zero-order valence-electron chi connectivity index (χ0n) is 11.7. The van der Waals surface area contributed by atoms with Crippen molar-refractivity contribution in [2.75, 3.05) is 6.54 Å². The number of rotatable bonds is 7. The molecule has 0 aliphatic rings. The van der Waals surface area contributed by atoms with Gasteiger partial charge < -0.3 is 10.4 Å². The first-order chi connectivity index (χ1) is 10.1. The summed E-state index contributed by atoms with van der Waals surface area (Å²) in [5.74, 6) is -1.37. The molecule has 1 amide bonds. The number of carbonyl (C=O) groups is 2. The number of hydrogen-bond acceptors (Lipinski definition) is 4. The van der Waals surface area contributed by atoms with Crippen LogP contribution in [0.15, 0.2) is 24.5 Å². The molecule has 2 N–H and O–H groups in total. The van der Waals surface area contributed by atoms with E-state index in [4.69, 9.17) is 5.11 Å². The first-order valence-electron chi connectivity index (χ1n) is 6.58. The number of carboxylic acid groups (broad SMARTS) is 1. The highest BCUT2D eigenvalue weighted by atomic mass is 16.4. The van der Waals surface area contributed by atoms with Gasteiger partial charge >= 0.3 is 5.97 Å². The van der Waals surface area contributed by atoms with E-state index in [1.54, 1.807) is 6.20 Å². The van der Waals surface area contributed by atoms with Crippen molar-refractivity contribution in [3.63, 3.8) is 0 Å². The summed E-state index contributed by atoms with van der Waals surface area (Å²) < 4.78 is 3.03. The number of aryl methyl sites for hydroxylation is 2. The molecule has 0 aliphatic carbocycles. The first-order valence-corrected chi connectivity index (χ1v) is 6.58. The Balaban J connectivity index is 1.74. The van der Waals surface area contributed by atoms with Gasteiger partial charge in [-0.25, -0.2) is 9.48 Å². The van der Waals surface area contributed by atoms with Gasteiger partial charge in [-0.2, -0.15) is 10.2 Å². The van der Waals surface area contributed by atoms with Crippen LogP contribution in [0.25, 0.3) is 0 Å². The topological polar surface area (TPSA) is 102 Å². The number of nitrogens with one attached hydrogen (secondary N) is 1. The van der Waals surface area contributed by atoms with Gasteiger partial charge in [0.05, 0.1) is 0 Å². The van der Waals surface area contributed by atoms with Gasteiger partial charge in [-0.05, 0) is 25.5 Å². The number of nitrogens with zero attached hydrogens (tertiary/aromatic N) is 4. The summed E-state index contributed by atoms with van der Waals surface area (Å²) in [4.78, 5) is 22.6. The summed E-state index contributed by atoms with van der Waals surface area (Å²) in [7, 11) is 0. The van der Waals surface area contributed by atoms with E-state index in [-0.39, 0.29) is 18.1 Å². The summed E-state index contributed by atoms with van der Waals surface area (Å²) >= 11 is 0. The van der Waals surface area contributed by atoms with E-state index < -0.39 is 5.97 Å². The van der Waals surface area contributed by atoms with Crippen molar-refractivity contribution in [2.24, 2.45) is 0 Å². The minimum absolute atomic E-state index is 0.00249. The van der Waals surface area contributed by atoms with Crippen molar-refractivity contribution in [1.29, 1.82) is 0 Å². The zero-order valence-corrected chi connectivity index (χ0v) is 11.7. The lowest BCUT2D eigenvalue weighted by Crippen LogP contribution is -2.30. The van der Waals surface area contributed by atoms with Gasteiger partial charge in [0.1, 0.15) is 12.2 Å². The highest BCUT2D eigenvalue weighted by molar-refractivity contribution is 5.86. The van der Waals surface area contributed by atoms with Crippen molar-refractivity contribution in [3.8, 4) is 0 Å². The van der Waals surface area contributed by atoms with Gasteiger partial charge in [-0.15, -0.1) is 0 Å². The monoisotopic (exact) mass is 291 g/mol. The SMILES string of the molecule is Cc1ccnn1CCCNC(=O)Cn1nccc1C(=O)O. The van der Waals surface area contributed by atoms with Crippen LogP contribution in [0.1, 0.15) is 22.6 Å². The Kier molecular flexibility index (Phi) is 4.70. The van der Waals surface area contributed by atoms with Crippen LogP contribution in [0, 0.1) is 6.92 Å². The minimum Gasteiger partial charge on any atom is -0.477 e. The van der Waals surface area contributed by atoms with E-state index in [1.807, 2.05) is 17.7 Å². The molecule has 2 aromatic rings. The quantitative estimate of drug-likeness (QED) is 0.714. The molecule has 8 nitrogen and oxygen atoms in total. The summed E-state index contributed by atoms with van der Waals surface area (Å²) in [6.07, 6.45) is 3.84. The van der Waals surface area contributed by atoms with Gasteiger partial charge in [-0.3, -0.25) is 9.48 Å². The Morgan fingerprint density at radius 2 is 1.95 bits per heavy atom. The fraction of sp³-hybridized carbons (Fsp3) is 0.385. The van der Waals surface area contributed by atoms with Crippen molar-refractivity contribution >= 4 is 11.9 Å². The number of carbonyl (C=O) groups excluding carboxylic acids is 1. The molecule has 112 valence electrons. The molecule has 0 saturated carbocycles. The van der Waals surface area contributed by atoms with Crippen LogP contribution in [0.3, 0.4) is 0 Å². The first kappa shape index (κ1) is 14.8. The van der Waals surface area contributed by atoms with E-state index in [0.29, 0.717) is 6.54 Å². The van der Waals surface area contributed by atoms with E-state index in [1.165, 1.54) is 12.3 Å². The molecular weight excluding hydrogens is 274 g/mol. The number of carboxylic acids is 1. The van der Waals surface area contributed by atoms with Crippen molar-refractivity contribution in [3.05, 3.63) is 35.9 Å². The Hall–Kier alpha value is -2.64. The molecular formula is C13H17N5O3. The maximum absolute atomic E-state index is 11.7. The summed E-state index contributed by atoms with van der Waals surface area (Å²) in [5.41, 5.74) is 1.07. The molecule has 0 aliphatic heterocycles. The average molecular weight is 291 g/mol. The smallest absolute Gasteiger partial charge is 0.354 e. The zero-order chi connectivity index (χ0) is 15.2. The maximum atomic E-state index is 11.7. The van der Waals surface area contributed by atoms with Gasteiger partial charge in [0.2, 0.25) is 5.91 Å². The third kappa shape index (κ3) is 3.91. The fourth-order valence-corrected chi connectivity index (χ4v) is 1.92. The van der Waals surface area contributed by atoms with Crippen LogP contribution in [0.4, 0.5) is 0 Å². The van der Waals surface area contributed by atoms with Crippen LogP contribution in [-0.2, 0) is 17.9 Å². The van der Waals surface area contributed by atoms with E-state index in [9.17, 15) is 9.59 Å². The standard InChI is InChI=1S/C13H17N5O3/c1-10-3-6-15-17(10)8-2-5-14-12(19)9-18-11(13(20)21)4-7-16-18/h3-4,6-7H,2,5,8-9H2,1H3,(H,14,19)(H,20,21). The second kappa shape index (κ2) is 6.69. The number of amides is 1. The Bertz CT molecular complexity index is 631. The molecule has 21 heavy (non-hydrogen) atoms. The van der Waals surface area contributed by atoms with Crippen LogP contribution in [0.2, 0.25) is 0 Å². The predicted octanol–water partition coefficient (Wildman–Crippen LogP) is 0.293. The maximum Gasteiger partial charge on any atom is 0.354 e. The van der Waals surface area contributed by atoms with E-state index in [0.717, 1.165) is 23.3 Å². The summed E-state index contributed by atoms with van der Waals surface area (Å²) in [5, 5.41) is 19.6. The third-order valence-corrected chi connectivity index (χ3v) is 3.03. The molecule has 2 aromatic heterocycles. The van der Waals surface area contributed by atoms with Crippen LogP contribution >= 0.6 is 0 Å². The van der Waals surface area contributed by atoms with Gasteiger partial charge in [0.25, 0.3) is 0 Å². The second-order valence-corrected chi connectivity index (χ2v) is 4.58. The molecule has 2 rings (SSSR count). The number of aromatic carboxylic acids is 1. The van der Waals surface area contributed by atoms with Crippen molar-refractivity contribution in [1.82, 2.24) is 24.9 Å². The van der Waals surface area contributed by atoms with Crippen LogP contribution in [0.5, 0.6) is 0 Å². The second-order valence-electron chi connectivity index (χ2n) is 4.58. The van der Waals surface area contributed by atoms with Crippen LogP contribution in [-0.4, -0.2) is 43.1 Å². The Morgan fingerprint density at radius 1 is 1.24 bits per heavy atom. The lowest BCUT2D eigenvalue weighted by Gasteiger charge is -2.07. The lowest BCUT2D eigenvalue weighted by atomic mass is 10.4.